The van der Waals surface area contributed by atoms with Crippen LogP contribution >= 0.6 is 12.4 Å². The fourth-order valence-corrected chi connectivity index (χ4v) is 3.02. The maximum atomic E-state index is 11.9. The van der Waals surface area contributed by atoms with Crippen molar-refractivity contribution in [2.45, 2.75) is 32.1 Å². The van der Waals surface area contributed by atoms with Crippen molar-refractivity contribution in [2.24, 2.45) is 17.3 Å². The van der Waals surface area contributed by atoms with Crippen molar-refractivity contribution in [3.05, 3.63) is 0 Å². The van der Waals surface area contributed by atoms with Crippen LogP contribution in [-0.2, 0) is 4.79 Å². The fraction of sp³-hybridized carbons (Fsp3) is 0.917. The molecule has 2 unspecified atom stereocenters. The highest BCUT2D eigenvalue weighted by Crippen LogP contribution is 2.56. The minimum Gasteiger partial charge on any atom is -0.356 e. The zero-order chi connectivity index (χ0) is 10.3. The van der Waals surface area contributed by atoms with Crippen LogP contribution < -0.4 is 10.6 Å². The van der Waals surface area contributed by atoms with Crippen molar-refractivity contribution < 1.29 is 4.79 Å². The Morgan fingerprint density at radius 1 is 1.44 bits per heavy atom. The first-order chi connectivity index (χ1) is 7.30. The van der Waals surface area contributed by atoms with Gasteiger partial charge < -0.3 is 10.6 Å². The molecular weight excluding hydrogens is 224 g/mol. The summed E-state index contributed by atoms with van der Waals surface area (Å²) in [5, 5.41) is 6.50. The van der Waals surface area contributed by atoms with Crippen LogP contribution in [0.4, 0.5) is 0 Å². The Balaban J connectivity index is 0.000000963. The van der Waals surface area contributed by atoms with Gasteiger partial charge in [-0.25, -0.2) is 0 Å². The molecule has 2 atom stereocenters. The van der Waals surface area contributed by atoms with E-state index in [1.165, 1.54) is 25.7 Å². The van der Waals surface area contributed by atoms with Gasteiger partial charge in [0, 0.05) is 19.0 Å². The average Bonchev–Trinajstić information content (AvgIpc) is 2.62. The highest BCUT2D eigenvalue weighted by atomic mass is 35.5. The van der Waals surface area contributed by atoms with Crippen LogP contribution in [0.3, 0.4) is 0 Å². The van der Waals surface area contributed by atoms with E-state index in [1.807, 2.05) is 0 Å². The van der Waals surface area contributed by atoms with Crippen LogP contribution in [0, 0.1) is 17.3 Å². The molecule has 2 aliphatic carbocycles. The Labute approximate surface area is 103 Å². The molecule has 1 amide bonds. The van der Waals surface area contributed by atoms with Gasteiger partial charge in [0.1, 0.15) is 0 Å². The van der Waals surface area contributed by atoms with Gasteiger partial charge in [0.2, 0.25) is 5.91 Å². The largest absolute Gasteiger partial charge is 0.356 e. The molecule has 92 valence electrons. The summed E-state index contributed by atoms with van der Waals surface area (Å²) in [5.41, 5.74) is 0.365. The predicted molar refractivity (Wildman–Crippen MR) is 65.6 cm³/mol. The first-order valence-corrected chi connectivity index (χ1v) is 6.29. The average molecular weight is 245 g/mol. The quantitative estimate of drug-likeness (QED) is 0.787. The van der Waals surface area contributed by atoms with Crippen LogP contribution in [-0.4, -0.2) is 25.5 Å². The second-order valence-corrected chi connectivity index (χ2v) is 5.59. The Kier molecular flexibility index (Phi) is 3.45. The van der Waals surface area contributed by atoms with Gasteiger partial charge in [-0.2, -0.15) is 0 Å². The van der Waals surface area contributed by atoms with Crippen LogP contribution in [0.15, 0.2) is 0 Å². The standard InChI is InChI=1S/C12H20N2O.ClH/c15-11(14-7-9-2-1-3-9)10-6-12(10)4-5-13-8-12;/h9-10,13H,1-8H2,(H,14,15);1H. The number of halogens is 1. The summed E-state index contributed by atoms with van der Waals surface area (Å²) in [4.78, 5) is 11.9. The highest BCUT2D eigenvalue weighted by molar-refractivity contribution is 5.85. The van der Waals surface area contributed by atoms with Crippen molar-refractivity contribution in [3.8, 4) is 0 Å². The number of carbonyl (C=O) groups excluding carboxylic acids is 1. The van der Waals surface area contributed by atoms with Crippen LogP contribution in [0.1, 0.15) is 32.1 Å². The van der Waals surface area contributed by atoms with Crippen LogP contribution in [0.25, 0.3) is 0 Å². The SMILES string of the molecule is Cl.O=C(NCC1CCC1)C1CC12CCNC2. The Morgan fingerprint density at radius 3 is 2.81 bits per heavy atom. The first-order valence-electron chi connectivity index (χ1n) is 6.29. The molecule has 1 heterocycles. The summed E-state index contributed by atoms with van der Waals surface area (Å²) in [7, 11) is 0. The normalized spacial score (nSPS) is 36.6. The lowest BCUT2D eigenvalue weighted by Crippen LogP contribution is -2.34. The molecule has 2 N–H and O–H groups in total. The third-order valence-electron chi connectivity index (χ3n) is 4.57. The third-order valence-corrected chi connectivity index (χ3v) is 4.57. The van der Waals surface area contributed by atoms with Gasteiger partial charge in [-0.1, -0.05) is 6.42 Å². The third kappa shape index (κ3) is 2.07. The number of nitrogens with one attached hydrogen (secondary N) is 2. The molecular formula is C12H21ClN2O. The zero-order valence-corrected chi connectivity index (χ0v) is 10.4. The van der Waals surface area contributed by atoms with Gasteiger partial charge in [0.15, 0.2) is 0 Å². The maximum Gasteiger partial charge on any atom is 0.223 e. The van der Waals surface area contributed by atoms with E-state index in [0.717, 1.165) is 32.0 Å². The Morgan fingerprint density at radius 2 is 2.25 bits per heavy atom. The lowest BCUT2D eigenvalue weighted by molar-refractivity contribution is -0.123. The molecule has 0 bridgehead atoms. The molecule has 3 aliphatic rings. The summed E-state index contributed by atoms with van der Waals surface area (Å²) in [6.45, 7) is 3.10. The molecule has 3 rings (SSSR count). The van der Waals surface area contributed by atoms with Crippen molar-refractivity contribution in [1.29, 1.82) is 0 Å². The van der Waals surface area contributed by atoms with E-state index >= 15 is 0 Å². The number of carbonyl (C=O) groups is 1. The zero-order valence-electron chi connectivity index (χ0n) is 9.63. The summed E-state index contributed by atoms with van der Waals surface area (Å²) in [5.74, 6) is 1.43. The summed E-state index contributed by atoms with van der Waals surface area (Å²) in [6.07, 6.45) is 6.32. The smallest absolute Gasteiger partial charge is 0.223 e. The van der Waals surface area contributed by atoms with Crippen LogP contribution in [0.2, 0.25) is 0 Å². The fourth-order valence-electron chi connectivity index (χ4n) is 3.02. The second-order valence-electron chi connectivity index (χ2n) is 5.59. The lowest BCUT2D eigenvalue weighted by atomic mass is 9.85. The Hall–Kier alpha value is -0.280. The maximum absolute atomic E-state index is 11.9. The van der Waals surface area contributed by atoms with E-state index in [4.69, 9.17) is 0 Å². The summed E-state index contributed by atoms with van der Waals surface area (Å²) in [6, 6.07) is 0. The number of rotatable bonds is 3. The molecule has 1 spiro atoms. The van der Waals surface area contributed by atoms with Gasteiger partial charge in [0.05, 0.1) is 0 Å². The first kappa shape index (κ1) is 12.2. The number of hydrogen-bond acceptors (Lipinski definition) is 2. The van der Waals surface area contributed by atoms with Gasteiger partial charge in [-0.05, 0) is 43.6 Å². The van der Waals surface area contributed by atoms with Gasteiger partial charge in [-0.15, -0.1) is 12.4 Å². The Bertz CT molecular complexity index is 272. The molecule has 0 radical (unpaired) electrons. The number of hydrogen-bond donors (Lipinski definition) is 2. The minimum absolute atomic E-state index is 0. The predicted octanol–water partition coefficient (Wildman–Crippen LogP) is 1.32. The van der Waals surface area contributed by atoms with E-state index in [1.54, 1.807) is 0 Å². The molecule has 1 saturated heterocycles. The molecule has 0 aromatic carbocycles. The topological polar surface area (TPSA) is 41.1 Å². The number of amides is 1. The van der Waals surface area contributed by atoms with E-state index < -0.39 is 0 Å². The molecule has 16 heavy (non-hydrogen) atoms. The monoisotopic (exact) mass is 244 g/mol. The lowest BCUT2D eigenvalue weighted by Gasteiger charge is -2.25. The van der Waals surface area contributed by atoms with Crippen molar-refractivity contribution >= 4 is 18.3 Å². The van der Waals surface area contributed by atoms with E-state index in [9.17, 15) is 4.79 Å². The van der Waals surface area contributed by atoms with Gasteiger partial charge in [0.25, 0.3) is 0 Å². The summed E-state index contributed by atoms with van der Waals surface area (Å²) >= 11 is 0. The van der Waals surface area contributed by atoms with E-state index in [2.05, 4.69) is 10.6 Å². The highest BCUT2D eigenvalue weighted by Gasteiger charge is 2.58. The molecule has 1 aliphatic heterocycles. The molecule has 2 saturated carbocycles. The van der Waals surface area contributed by atoms with Crippen molar-refractivity contribution in [2.75, 3.05) is 19.6 Å². The minimum atomic E-state index is 0. The van der Waals surface area contributed by atoms with Gasteiger partial charge in [-0.3, -0.25) is 4.79 Å². The molecule has 0 aromatic rings. The molecule has 3 fully saturated rings. The summed E-state index contributed by atoms with van der Waals surface area (Å²) < 4.78 is 0. The van der Waals surface area contributed by atoms with E-state index in [-0.39, 0.29) is 12.4 Å². The van der Waals surface area contributed by atoms with Crippen LogP contribution in [0.5, 0.6) is 0 Å². The molecule has 4 heteroatoms. The second kappa shape index (κ2) is 4.53. The van der Waals surface area contributed by atoms with Crippen molar-refractivity contribution in [1.82, 2.24) is 10.6 Å². The molecule has 3 nitrogen and oxygen atoms in total. The van der Waals surface area contributed by atoms with Crippen molar-refractivity contribution in [3.63, 3.8) is 0 Å². The van der Waals surface area contributed by atoms with Gasteiger partial charge >= 0.3 is 0 Å². The molecule has 0 aromatic heterocycles. The van der Waals surface area contributed by atoms with E-state index in [0.29, 0.717) is 17.2 Å².